The minimum Gasteiger partial charge on any atom is -0.490 e. The maximum atomic E-state index is 13.2. The van der Waals surface area contributed by atoms with E-state index in [0.717, 1.165) is 38.9 Å². The molecule has 1 N–H and O–H groups in total. The number of imide groups is 1. The monoisotopic (exact) mass is 624 g/mol. The van der Waals surface area contributed by atoms with Crippen LogP contribution in [0, 0.1) is 13.8 Å². The molecule has 0 unspecified atom stereocenters. The first-order valence-corrected chi connectivity index (χ1v) is 14.8. The number of ether oxygens (including phenoxy) is 2. The number of halogens is 2. The highest BCUT2D eigenvalue weighted by Gasteiger charge is 2.36. The molecule has 3 aromatic rings. The van der Waals surface area contributed by atoms with E-state index >= 15 is 0 Å². The topological polar surface area (TPSA) is 84.9 Å². The van der Waals surface area contributed by atoms with Crippen LogP contribution in [0.25, 0.3) is 6.08 Å². The van der Waals surface area contributed by atoms with E-state index in [1.165, 1.54) is 0 Å². The van der Waals surface area contributed by atoms with Crippen molar-refractivity contribution in [3.05, 3.63) is 104 Å². The van der Waals surface area contributed by atoms with E-state index < -0.39 is 17.1 Å². The van der Waals surface area contributed by atoms with Gasteiger partial charge in [-0.15, -0.1) is 6.58 Å². The van der Waals surface area contributed by atoms with Gasteiger partial charge in [-0.05, 0) is 98.1 Å². The van der Waals surface area contributed by atoms with Crippen LogP contribution in [0.1, 0.15) is 34.7 Å². The molecule has 42 heavy (non-hydrogen) atoms. The summed E-state index contributed by atoms with van der Waals surface area (Å²) >= 11 is 13.1. The lowest BCUT2D eigenvalue weighted by Gasteiger charge is -2.17. The van der Waals surface area contributed by atoms with Crippen molar-refractivity contribution in [1.82, 2.24) is 4.90 Å². The summed E-state index contributed by atoms with van der Waals surface area (Å²) in [5, 5.41) is 3.25. The average Bonchev–Trinajstić information content (AvgIpc) is 3.18. The van der Waals surface area contributed by atoms with Crippen molar-refractivity contribution in [2.24, 2.45) is 0 Å². The summed E-state index contributed by atoms with van der Waals surface area (Å²) in [7, 11) is 0. The van der Waals surface area contributed by atoms with Crippen LogP contribution in [0.4, 0.5) is 10.5 Å². The van der Waals surface area contributed by atoms with E-state index in [2.05, 4.69) is 11.9 Å². The van der Waals surface area contributed by atoms with Gasteiger partial charge in [-0.3, -0.25) is 19.3 Å². The van der Waals surface area contributed by atoms with Crippen LogP contribution in [0.15, 0.2) is 66.1 Å². The Morgan fingerprint density at radius 2 is 1.81 bits per heavy atom. The van der Waals surface area contributed by atoms with E-state index in [9.17, 15) is 14.4 Å². The van der Waals surface area contributed by atoms with E-state index in [0.29, 0.717) is 45.8 Å². The lowest BCUT2D eigenvalue weighted by Crippen LogP contribution is -2.36. The third kappa shape index (κ3) is 7.56. The van der Waals surface area contributed by atoms with Gasteiger partial charge in [0, 0.05) is 26.9 Å². The second kappa shape index (κ2) is 14.0. The van der Waals surface area contributed by atoms with Gasteiger partial charge in [0.2, 0.25) is 5.91 Å². The van der Waals surface area contributed by atoms with Crippen LogP contribution in [-0.2, 0) is 22.6 Å². The van der Waals surface area contributed by atoms with Crippen molar-refractivity contribution < 1.29 is 23.9 Å². The zero-order valence-electron chi connectivity index (χ0n) is 23.5. The molecule has 0 atom stereocenters. The molecule has 218 valence electrons. The quantitative estimate of drug-likeness (QED) is 0.172. The SMILES string of the molecule is C=CCc1cc(/C=C2/SC(=O)N(CC(=O)Nc3ccc(C)c(C)c3)C2=O)cc(OCC)c1OCc1ccc(Cl)cc1Cl. The summed E-state index contributed by atoms with van der Waals surface area (Å²) in [5.74, 6) is -0.00612. The Kier molecular flexibility index (Phi) is 10.4. The molecule has 0 spiro atoms. The number of carbonyl (C=O) groups excluding carboxylic acids is 3. The maximum absolute atomic E-state index is 13.2. The van der Waals surface area contributed by atoms with Gasteiger partial charge in [0.25, 0.3) is 11.1 Å². The second-order valence-electron chi connectivity index (χ2n) is 9.57. The molecule has 7 nitrogen and oxygen atoms in total. The van der Waals surface area contributed by atoms with E-state index in [1.54, 1.807) is 42.5 Å². The molecule has 10 heteroatoms. The molecule has 0 saturated carbocycles. The Balaban J connectivity index is 1.55. The second-order valence-corrected chi connectivity index (χ2v) is 11.4. The predicted octanol–water partition coefficient (Wildman–Crippen LogP) is 7.99. The van der Waals surface area contributed by atoms with Gasteiger partial charge in [-0.25, -0.2) is 0 Å². The highest BCUT2D eigenvalue weighted by Crippen LogP contribution is 2.38. The zero-order valence-corrected chi connectivity index (χ0v) is 25.8. The first-order valence-electron chi connectivity index (χ1n) is 13.2. The van der Waals surface area contributed by atoms with Crippen molar-refractivity contribution in [3.63, 3.8) is 0 Å². The van der Waals surface area contributed by atoms with Crippen molar-refractivity contribution in [1.29, 1.82) is 0 Å². The molecule has 1 aliphatic rings. The minimum absolute atomic E-state index is 0.183. The molecule has 0 bridgehead atoms. The number of thioether (sulfide) groups is 1. The molecule has 0 aromatic heterocycles. The Morgan fingerprint density at radius 3 is 2.50 bits per heavy atom. The number of nitrogens with one attached hydrogen (secondary N) is 1. The van der Waals surface area contributed by atoms with Gasteiger partial charge in [-0.2, -0.15) is 0 Å². The fourth-order valence-corrected chi connectivity index (χ4v) is 5.54. The lowest BCUT2D eigenvalue weighted by molar-refractivity contribution is -0.127. The standard InChI is InChI=1S/C32H30Cl2N2O5S/c1-5-7-22-13-21(14-27(40-6-2)30(22)41-18-23-9-10-24(33)16-26(23)34)15-28-31(38)36(32(39)42-28)17-29(37)35-25-11-8-19(3)20(4)12-25/h5,8-16H,1,6-7,17-18H2,2-4H3,(H,35,37)/b28-15+. The number of amides is 3. The number of rotatable bonds is 11. The fourth-order valence-electron chi connectivity index (χ4n) is 4.24. The largest absolute Gasteiger partial charge is 0.490 e. The van der Waals surface area contributed by atoms with Crippen LogP contribution in [0.2, 0.25) is 10.0 Å². The first-order chi connectivity index (χ1) is 20.1. The predicted molar refractivity (Wildman–Crippen MR) is 170 cm³/mol. The highest BCUT2D eigenvalue weighted by molar-refractivity contribution is 8.18. The molecule has 4 rings (SSSR count). The molecule has 1 saturated heterocycles. The number of benzene rings is 3. The van der Waals surface area contributed by atoms with E-state index in [1.807, 2.05) is 39.0 Å². The maximum Gasteiger partial charge on any atom is 0.294 e. The van der Waals surface area contributed by atoms with Gasteiger partial charge in [0.1, 0.15) is 13.2 Å². The summed E-state index contributed by atoms with van der Waals surface area (Å²) in [4.78, 5) is 39.6. The summed E-state index contributed by atoms with van der Waals surface area (Å²) in [6, 6.07) is 14.3. The van der Waals surface area contributed by atoms with Crippen LogP contribution in [0.3, 0.4) is 0 Å². The molecular weight excluding hydrogens is 595 g/mol. The number of allylic oxidation sites excluding steroid dienone is 1. The number of nitrogens with zero attached hydrogens (tertiary/aromatic N) is 1. The van der Waals surface area contributed by atoms with Crippen LogP contribution < -0.4 is 14.8 Å². The fraction of sp³-hybridized carbons (Fsp3) is 0.219. The van der Waals surface area contributed by atoms with Crippen molar-refractivity contribution in [3.8, 4) is 11.5 Å². The third-order valence-corrected chi connectivity index (χ3v) is 7.96. The van der Waals surface area contributed by atoms with Crippen molar-refractivity contribution in [2.75, 3.05) is 18.5 Å². The molecular formula is C32H30Cl2N2O5S. The van der Waals surface area contributed by atoms with E-state index in [4.69, 9.17) is 32.7 Å². The summed E-state index contributed by atoms with van der Waals surface area (Å²) < 4.78 is 12.1. The number of aryl methyl sites for hydroxylation is 2. The summed E-state index contributed by atoms with van der Waals surface area (Å²) in [6.45, 7) is 9.80. The van der Waals surface area contributed by atoms with Gasteiger partial charge in [0.15, 0.2) is 11.5 Å². The van der Waals surface area contributed by atoms with Crippen LogP contribution >= 0.6 is 35.0 Å². The summed E-state index contributed by atoms with van der Waals surface area (Å²) in [5.41, 5.74) is 4.89. The number of hydrogen-bond donors (Lipinski definition) is 1. The smallest absolute Gasteiger partial charge is 0.294 e. The molecule has 3 aromatic carbocycles. The Labute approximate surface area is 259 Å². The lowest BCUT2D eigenvalue weighted by atomic mass is 10.0. The van der Waals surface area contributed by atoms with Gasteiger partial charge < -0.3 is 14.8 Å². The molecule has 3 amide bonds. The normalized spacial score (nSPS) is 13.9. The molecule has 1 fully saturated rings. The van der Waals surface area contributed by atoms with Crippen LogP contribution in [0.5, 0.6) is 11.5 Å². The van der Waals surface area contributed by atoms with Gasteiger partial charge in [-0.1, -0.05) is 41.4 Å². The van der Waals surface area contributed by atoms with Crippen molar-refractivity contribution in [2.45, 2.75) is 33.8 Å². The first kappa shape index (κ1) is 31.2. The average molecular weight is 626 g/mol. The highest BCUT2D eigenvalue weighted by atomic mass is 35.5. The number of carbonyl (C=O) groups is 3. The van der Waals surface area contributed by atoms with Crippen molar-refractivity contribution >= 4 is 63.8 Å². The Morgan fingerprint density at radius 1 is 1.02 bits per heavy atom. The summed E-state index contributed by atoms with van der Waals surface area (Å²) in [6.07, 6.45) is 3.81. The van der Waals surface area contributed by atoms with Gasteiger partial charge in [0.05, 0.1) is 11.5 Å². The Hall–Kier alpha value is -3.72. The molecule has 0 aliphatic carbocycles. The van der Waals surface area contributed by atoms with E-state index in [-0.39, 0.29) is 18.1 Å². The minimum atomic E-state index is -0.541. The number of hydrogen-bond acceptors (Lipinski definition) is 6. The Bertz CT molecular complexity index is 1590. The van der Waals surface area contributed by atoms with Crippen LogP contribution in [-0.4, -0.2) is 35.1 Å². The zero-order chi connectivity index (χ0) is 30.4. The molecule has 0 radical (unpaired) electrons. The molecule has 1 aliphatic heterocycles. The van der Waals surface area contributed by atoms with Gasteiger partial charge >= 0.3 is 0 Å². The third-order valence-electron chi connectivity index (χ3n) is 6.47. The molecule has 1 heterocycles. The number of anilines is 1.